The maximum atomic E-state index is 13.8. The number of amides is 4. The average molecular weight is 799 g/mol. The summed E-state index contributed by atoms with van der Waals surface area (Å²) in [5.74, 6) is 1.77. The minimum atomic E-state index is -1.20. The third-order valence-electron chi connectivity index (χ3n) is 12.8. The van der Waals surface area contributed by atoms with Crippen LogP contribution in [0.25, 0.3) is 44.4 Å². The van der Waals surface area contributed by atoms with Gasteiger partial charge < -0.3 is 40.2 Å². The predicted molar refractivity (Wildman–Crippen MR) is 221 cm³/mol. The Bertz CT molecular complexity index is 2440. The molecule has 2 aliphatic carbocycles. The predicted octanol–water partition coefficient (Wildman–Crippen LogP) is 7.28. The number of carbonyl (C=O) groups excluding carboxylic acids is 3. The van der Waals surface area contributed by atoms with Crippen LogP contribution in [-0.4, -0.2) is 90.1 Å². The topological polar surface area (TPSA) is 186 Å². The van der Waals surface area contributed by atoms with Crippen molar-refractivity contribution >= 4 is 34.8 Å². The highest BCUT2D eigenvalue weighted by atomic mass is 16.5. The summed E-state index contributed by atoms with van der Waals surface area (Å²) >= 11 is 0. The Morgan fingerprint density at radius 3 is 1.63 bits per heavy atom. The fourth-order valence-electron chi connectivity index (χ4n) is 9.44. The van der Waals surface area contributed by atoms with Crippen LogP contribution in [0.4, 0.5) is 9.59 Å². The van der Waals surface area contributed by atoms with Gasteiger partial charge in [-0.3, -0.25) is 9.59 Å². The molecule has 8 atom stereocenters. The molecule has 4 heterocycles. The van der Waals surface area contributed by atoms with Crippen molar-refractivity contribution in [2.24, 2.45) is 23.7 Å². The second-order valence-electron chi connectivity index (χ2n) is 17.4. The molecule has 4 fully saturated rings. The number of imidazole rings is 2. The van der Waals surface area contributed by atoms with Crippen LogP contribution in [0.1, 0.15) is 77.1 Å². The number of aromatic amines is 2. The van der Waals surface area contributed by atoms with E-state index in [4.69, 9.17) is 14.7 Å². The van der Waals surface area contributed by atoms with Gasteiger partial charge in [0, 0.05) is 17.6 Å². The first-order chi connectivity index (χ1) is 28.4. The molecule has 0 radical (unpaired) electrons. The number of benzene rings is 3. The first-order valence-corrected chi connectivity index (χ1v) is 20.6. The Morgan fingerprint density at radius 2 is 1.12 bits per heavy atom. The van der Waals surface area contributed by atoms with Gasteiger partial charge >= 0.3 is 12.2 Å². The molecule has 9 rings (SSSR count). The van der Waals surface area contributed by atoms with Crippen LogP contribution >= 0.6 is 0 Å². The highest BCUT2D eigenvalue weighted by molar-refractivity contribution is 5.91. The summed E-state index contributed by atoms with van der Waals surface area (Å²) in [6.07, 6.45) is 5.40. The van der Waals surface area contributed by atoms with Gasteiger partial charge in [-0.25, -0.2) is 19.6 Å². The van der Waals surface area contributed by atoms with Crippen LogP contribution in [0.15, 0.2) is 73.1 Å². The minimum Gasteiger partial charge on any atom is -0.465 e. The fraction of sp³-hybridized carbons (Fsp3) is 0.422. The number of methoxy groups -OCH3 is 1. The van der Waals surface area contributed by atoms with Crippen LogP contribution in [0.2, 0.25) is 0 Å². The maximum Gasteiger partial charge on any atom is 0.407 e. The summed E-state index contributed by atoms with van der Waals surface area (Å²) < 4.78 is 4.80. The molecule has 5 aromatic rings. The summed E-state index contributed by atoms with van der Waals surface area (Å²) in [6, 6.07) is 19.5. The van der Waals surface area contributed by atoms with Gasteiger partial charge in [-0.15, -0.1) is 0 Å². The molecule has 3 aromatic carbocycles. The summed E-state index contributed by atoms with van der Waals surface area (Å²) in [4.78, 5) is 71.2. The molecule has 2 unspecified atom stereocenters. The van der Waals surface area contributed by atoms with Gasteiger partial charge in [0.15, 0.2) is 0 Å². The number of carboxylic acid groups (broad SMARTS) is 1. The van der Waals surface area contributed by atoms with Crippen LogP contribution in [-0.2, 0) is 14.3 Å². The van der Waals surface area contributed by atoms with Crippen molar-refractivity contribution in [2.45, 2.75) is 89.6 Å². The fourth-order valence-corrected chi connectivity index (χ4v) is 9.44. The van der Waals surface area contributed by atoms with E-state index < -0.39 is 24.3 Å². The van der Waals surface area contributed by atoms with Gasteiger partial charge in [-0.2, -0.15) is 0 Å². The number of aromatic nitrogens is 4. The van der Waals surface area contributed by atoms with Crippen molar-refractivity contribution < 1.29 is 29.0 Å². The van der Waals surface area contributed by atoms with Crippen molar-refractivity contribution in [2.75, 3.05) is 7.11 Å². The van der Waals surface area contributed by atoms with Crippen molar-refractivity contribution in [1.29, 1.82) is 0 Å². The van der Waals surface area contributed by atoms with E-state index in [1.807, 2.05) is 49.9 Å². The van der Waals surface area contributed by atoms with E-state index in [1.54, 1.807) is 0 Å². The lowest BCUT2D eigenvalue weighted by molar-refractivity contribution is -0.137. The monoisotopic (exact) mass is 798 g/mol. The van der Waals surface area contributed by atoms with Gasteiger partial charge in [-0.05, 0) is 89.0 Å². The standard InChI is InChI=1S/C45H50N8O6/c1-22(2)38(50-44(56)57)42(54)52-34-16-30(34)18-36(52)40-46-20-32(48-40)25-8-6-24(7-9-25)26-10-11-28-15-29(13-12-27(28)14-26)33-21-47-41(49-33)37-19-31-17-35(31)53(37)43(55)39(23(3)4)51-45(58)59-5/h6-15,20-23,30-31,34-39,50H,16-19H2,1-5H3,(H,46,48)(H,47,49)(H,51,58)(H,56,57)/t30-,31-,34-,35-,36-,37-,38?,39?/m0/s1. The van der Waals surface area contributed by atoms with Gasteiger partial charge in [-0.1, -0.05) is 76.2 Å². The smallest absolute Gasteiger partial charge is 0.407 e. The number of ether oxygens (including phenoxy) is 1. The quantitative estimate of drug-likeness (QED) is 0.0923. The summed E-state index contributed by atoms with van der Waals surface area (Å²) in [5, 5.41) is 16.7. The Labute approximate surface area is 342 Å². The maximum absolute atomic E-state index is 13.8. The van der Waals surface area contributed by atoms with Gasteiger partial charge in [0.25, 0.3) is 0 Å². The number of hydrogen-bond donors (Lipinski definition) is 5. The van der Waals surface area contributed by atoms with Crippen LogP contribution in [0.3, 0.4) is 0 Å². The Kier molecular flexibility index (Phi) is 9.67. The number of hydrogen-bond acceptors (Lipinski definition) is 7. The first kappa shape index (κ1) is 38.3. The van der Waals surface area contributed by atoms with Gasteiger partial charge in [0.1, 0.15) is 23.7 Å². The molecule has 4 aliphatic rings. The average Bonchev–Trinajstić information content (AvgIpc) is 3.81. The van der Waals surface area contributed by atoms with E-state index in [0.717, 1.165) is 81.7 Å². The normalized spacial score (nSPS) is 23.8. The lowest BCUT2D eigenvalue weighted by atomic mass is 9.98. The number of H-pyrrole nitrogens is 2. The summed E-state index contributed by atoms with van der Waals surface area (Å²) in [6.45, 7) is 7.55. The number of nitrogens with zero attached hydrogens (tertiary/aromatic N) is 4. The molecular formula is C45H50N8O6. The number of likely N-dealkylation sites (tertiary alicyclic amines) is 2. The molecular weight excluding hydrogens is 749 g/mol. The minimum absolute atomic E-state index is 0.100. The van der Waals surface area contributed by atoms with Crippen molar-refractivity contribution in [3.63, 3.8) is 0 Å². The highest BCUT2D eigenvalue weighted by Gasteiger charge is 2.57. The van der Waals surface area contributed by atoms with Gasteiger partial charge in [0.05, 0.1) is 43.0 Å². The number of alkyl carbamates (subject to hydrolysis) is 1. The second kappa shape index (κ2) is 14.9. The number of rotatable bonds is 11. The Morgan fingerprint density at radius 1 is 0.661 bits per heavy atom. The van der Waals surface area contributed by atoms with Crippen LogP contribution in [0, 0.1) is 23.7 Å². The van der Waals surface area contributed by atoms with E-state index in [2.05, 4.69) is 81.3 Å². The number of piperidine rings is 2. The van der Waals surface area contributed by atoms with E-state index in [0.29, 0.717) is 11.8 Å². The van der Waals surface area contributed by atoms with Crippen LogP contribution < -0.4 is 10.6 Å². The Hall–Kier alpha value is -6.18. The summed E-state index contributed by atoms with van der Waals surface area (Å²) in [7, 11) is 1.30. The molecule has 14 nitrogen and oxygen atoms in total. The SMILES string of the molecule is COC(=O)NC(C(=O)N1[C@H](c2ncc(-c3ccc4cc(-c5ccc(-c6cnc([C@@H]7C[C@@H]8C[C@@H]8N7C(=O)C(NC(=O)O)C(C)C)[nH]6)cc5)ccc4c3)[nH]2)C[C@@H]2C[C@@H]21)C(C)C. The van der Waals surface area contributed by atoms with E-state index >= 15 is 0 Å². The molecule has 4 amide bonds. The molecule has 14 heteroatoms. The van der Waals surface area contributed by atoms with Crippen molar-refractivity contribution in [1.82, 2.24) is 40.4 Å². The molecule has 2 aliphatic heterocycles. The molecule has 0 spiro atoms. The van der Waals surface area contributed by atoms with E-state index in [9.17, 15) is 24.3 Å². The lowest BCUT2D eigenvalue weighted by Gasteiger charge is -2.31. The first-order valence-electron chi connectivity index (χ1n) is 20.6. The molecule has 0 bridgehead atoms. The zero-order valence-corrected chi connectivity index (χ0v) is 33.8. The summed E-state index contributed by atoms with van der Waals surface area (Å²) in [5.41, 5.74) is 5.88. The second-order valence-corrected chi connectivity index (χ2v) is 17.4. The molecule has 2 saturated carbocycles. The van der Waals surface area contributed by atoms with Crippen molar-refractivity contribution in [3.05, 3.63) is 84.7 Å². The molecule has 2 aromatic heterocycles. The number of fused-ring (bicyclic) bond motifs is 3. The van der Waals surface area contributed by atoms with Crippen molar-refractivity contribution in [3.8, 4) is 33.6 Å². The van der Waals surface area contributed by atoms with E-state index in [1.165, 1.54) is 7.11 Å². The highest BCUT2D eigenvalue weighted by Crippen LogP contribution is 2.54. The zero-order valence-electron chi connectivity index (χ0n) is 33.8. The molecule has 306 valence electrons. The molecule has 2 saturated heterocycles. The number of nitrogens with one attached hydrogen (secondary N) is 4. The third kappa shape index (κ3) is 7.18. The largest absolute Gasteiger partial charge is 0.465 e. The van der Waals surface area contributed by atoms with E-state index in [-0.39, 0.29) is 47.8 Å². The van der Waals surface area contributed by atoms with Crippen LogP contribution in [0.5, 0.6) is 0 Å². The van der Waals surface area contributed by atoms with Gasteiger partial charge in [0.2, 0.25) is 11.8 Å². The third-order valence-corrected chi connectivity index (χ3v) is 12.8. The molecule has 59 heavy (non-hydrogen) atoms. The zero-order chi connectivity index (χ0) is 41.3. The number of carbonyl (C=O) groups is 4. The Balaban J connectivity index is 0.883. The molecule has 5 N–H and O–H groups in total. The lowest BCUT2D eigenvalue weighted by Crippen LogP contribution is -2.52.